The highest BCUT2D eigenvalue weighted by molar-refractivity contribution is 7.89. The zero-order valence-electron chi connectivity index (χ0n) is 13.2. The summed E-state index contributed by atoms with van der Waals surface area (Å²) in [5.41, 5.74) is 2.55. The lowest BCUT2D eigenvalue weighted by Gasteiger charge is -2.14. The number of methoxy groups -OCH3 is 1. The van der Waals surface area contributed by atoms with Crippen molar-refractivity contribution < 1.29 is 13.2 Å². The van der Waals surface area contributed by atoms with Gasteiger partial charge >= 0.3 is 0 Å². The van der Waals surface area contributed by atoms with Gasteiger partial charge in [-0.25, -0.2) is 13.1 Å². The Balaban J connectivity index is 1.64. The number of hydrogen-bond donors (Lipinski definition) is 1. The Kier molecular flexibility index (Phi) is 4.68. The molecule has 0 saturated carbocycles. The molecule has 7 heteroatoms. The van der Waals surface area contributed by atoms with Crippen molar-refractivity contribution in [1.82, 2.24) is 14.5 Å². The molecule has 0 radical (unpaired) electrons. The van der Waals surface area contributed by atoms with E-state index < -0.39 is 10.0 Å². The molecule has 0 bridgehead atoms. The molecule has 1 N–H and O–H groups in total. The van der Waals surface area contributed by atoms with E-state index in [0.29, 0.717) is 18.8 Å². The predicted octanol–water partition coefficient (Wildman–Crippen LogP) is 1.75. The highest BCUT2D eigenvalue weighted by Crippen LogP contribution is 2.20. The molecule has 1 aliphatic rings. The highest BCUT2D eigenvalue weighted by atomic mass is 32.2. The van der Waals surface area contributed by atoms with Crippen molar-refractivity contribution in [1.29, 1.82) is 0 Å². The minimum Gasteiger partial charge on any atom is -0.497 e. The van der Waals surface area contributed by atoms with E-state index in [4.69, 9.17) is 4.74 Å². The summed E-state index contributed by atoms with van der Waals surface area (Å²) in [6.45, 7) is 0.853. The zero-order chi connectivity index (χ0) is 16.3. The van der Waals surface area contributed by atoms with Crippen LogP contribution in [0, 0.1) is 0 Å². The van der Waals surface area contributed by atoms with Crippen LogP contribution in [0.25, 0.3) is 0 Å². The van der Waals surface area contributed by atoms with Crippen molar-refractivity contribution in [3.8, 4) is 5.75 Å². The van der Waals surface area contributed by atoms with Gasteiger partial charge in [0.15, 0.2) is 0 Å². The monoisotopic (exact) mass is 335 g/mol. The number of nitrogens with zero attached hydrogens (tertiary/aromatic N) is 2. The Labute approximate surface area is 136 Å². The van der Waals surface area contributed by atoms with E-state index in [1.54, 1.807) is 18.2 Å². The fraction of sp³-hybridized carbons (Fsp3) is 0.438. The zero-order valence-corrected chi connectivity index (χ0v) is 14.0. The second-order valence-corrected chi connectivity index (χ2v) is 7.39. The van der Waals surface area contributed by atoms with Gasteiger partial charge in [-0.1, -0.05) is 6.07 Å². The van der Waals surface area contributed by atoms with E-state index in [-0.39, 0.29) is 4.90 Å². The third-order valence-corrected chi connectivity index (χ3v) is 5.57. The second-order valence-electron chi connectivity index (χ2n) is 5.62. The standard InChI is InChI=1S/C16H21N3O3S/c1-22-14-6-4-7-15(11-14)23(20,21)18-9-10-19-16-8-3-2-5-13(16)12-17-19/h4,6-7,11-12,18H,2-3,5,8-10H2,1H3. The van der Waals surface area contributed by atoms with Crippen molar-refractivity contribution in [2.24, 2.45) is 0 Å². The first-order chi connectivity index (χ1) is 11.1. The highest BCUT2D eigenvalue weighted by Gasteiger charge is 2.17. The lowest BCUT2D eigenvalue weighted by molar-refractivity contribution is 0.413. The molecule has 0 fully saturated rings. The Hall–Kier alpha value is -1.86. The molecule has 1 aromatic carbocycles. The molecule has 124 valence electrons. The van der Waals surface area contributed by atoms with Gasteiger partial charge in [0, 0.05) is 18.3 Å². The number of hydrogen-bond acceptors (Lipinski definition) is 4. The maximum Gasteiger partial charge on any atom is 0.240 e. The van der Waals surface area contributed by atoms with Crippen LogP contribution in [-0.4, -0.2) is 31.9 Å². The molecule has 0 amide bonds. The molecule has 0 spiro atoms. The number of benzene rings is 1. The molecular formula is C16H21N3O3S. The Morgan fingerprint density at radius 3 is 2.96 bits per heavy atom. The number of ether oxygens (including phenoxy) is 1. The summed E-state index contributed by atoms with van der Waals surface area (Å²) >= 11 is 0. The number of rotatable bonds is 6. The van der Waals surface area contributed by atoms with Gasteiger partial charge in [-0.05, 0) is 43.4 Å². The summed E-state index contributed by atoms with van der Waals surface area (Å²) in [5.74, 6) is 0.522. The summed E-state index contributed by atoms with van der Waals surface area (Å²) in [6, 6.07) is 6.45. The third-order valence-electron chi connectivity index (χ3n) is 4.11. The van der Waals surface area contributed by atoms with Crippen LogP contribution < -0.4 is 9.46 Å². The van der Waals surface area contributed by atoms with Gasteiger partial charge in [0.2, 0.25) is 10.0 Å². The minimum atomic E-state index is -3.54. The van der Waals surface area contributed by atoms with E-state index in [1.165, 1.54) is 37.3 Å². The molecule has 0 saturated heterocycles. The van der Waals surface area contributed by atoms with Crippen molar-refractivity contribution in [3.05, 3.63) is 41.7 Å². The van der Waals surface area contributed by atoms with Gasteiger partial charge in [-0.3, -0.25) is 4.68 Å². The Morgan fingerprint density at radius 2 is 2.13 bits per heavy atom. The first-order valence-electron chi connectivity index (χ1n) is 7.77. The van der Waals surface area contributed by atoms with Crippen LogP contribution in [-0.2, 0) is 29.4 Å². The van der Waals surface area contributed by atoms with Crippen LogP contribution in [0.15, 0.2) is 35.4 Å². The smallest absolute Gasteiger partial charge is 0.240 e. The minimum absolute atomic E-state index is 0.208. The van der Waals surface area contributed by atoms with Crippen LogP contribution in [0.1, 0.15) is 24.1 Å². The lowest BCUT2D eigenvalue weighted by atomic mass is 9.98. The lowest BCUT2D eigenvalue weighted by Crippen LogP contribution is -2.28. The van der Waals surface area contributed by atoms with Gasteiger partial charge < -0.3 is 4.74 Å². The number of fused-ring (bicyclic) bond motifs is 1. The van der Waals surface area contributed by atoms with Gasteiger partial charge in [-0.15, -0.1) is 0 Å². The summed E-state index contributed by atoms with van der Waals surface area (Å²) in [5, 5.41) is 4.38. The number of aromatic nitrogens is 2. The van der Waals surface area contributed by atoms with Crippen molar-refractivity contribution in [2.45, 2.75) is 37.1 Å². The van der Waals surface area contributed by atoms with Crippen LogP contribution >= 0.6 is 0 Å². The maximum atomic E-state index is 12.3. The fourth-order valence-corrected chi connectivity index (χ4v) is 3.94. The average Bonchev–Trinajstić information content (AvgIpc) is 2.98. The van der Waals surface area contributed by atoms with Gasteiger partial charge in [0.1, 0.15) is 5.75 Å². The molecule has 0 aliphatic heterocycles. The molecule has 1 aromatic heterocycles. The molecule has 1 aliphatic carbocycles. The summed E-state index contributed by atoms with van der Waals surface area (Å²) in [4.78, 5) is 0.208. The summed E-state index contributed by atoms with van der Waals surface area (Å²) in [6.07, 6.45) is 6.39. The van der Waals surface area contributed by atoms with Gasteiger partial charge in [0.05, 0.1) is 24.7 Å². The topological polar surface area (TPSA) is 73.2 Å². The van der Waals surface area contributed by atoms with E-state index in [9.17, 15) is 8.42 Å². The predicted molar refractivity (Wildman–Crippen MR) is 87.1 cm³/mol. The van der Waals surface area contributed by atoms with Crippen molar-refractivity contribution >= 4 is 10.0 Å². The summed E-state index contributed by atoms with van der Waals surface area (Å²) in [7, 11) is -2.02. The first kappa shape index (κ1) is 16.0. The van der Waals surface area contributed by atoms with Gasteiger partial charge in [-0.2, -0.15) is 5.10 Å². The molecule has 3 rings (SSSR count). The SMILES string of the molecule is COc1cccc(S(=O)(=O)NCCn2ncc3c2CCCC3)c1. The molecular weight excluding hydrogens is 314 g/mol. The van der Waals surface area contributed by atoms with Crippen LogP contribution in [0.4, 0.5) is 0 Å². The maximum absolute atomic E-state index is 12.3. The van der Waals surface area contributed by atoms with Gasteiger partial charge in [0.25, 0.3) is 0 Å². The van der Waals surface area contributed by atoms with Crippen LogP contribution in [0.5, 0.6) is 5.75 Å². The normalized spacial score (nSPS) is 14.5. The molecule has 23 heavy (non-hydrogen) atoms. The number of sulfonamides is 1. The molecule has 1 heterocycles. The molecule has 6 nitrogen and oxygen atoms in total. The average molecular weight is 335 g/mol. The van der Waals surface area contributed by atoms with E-state index in [1.807, 2.05) is 10.9 Å². The quantitative estimate of drug-likeness (QED) is 0.873. The van der Waals surface area contributed by atoms with Crippen LogP contribution in [0.2, 0.25) is 0 Å². The van der Waals surface area contributed by atoms with E-state index in [2.05, 4.69) is 9.82 Å². The molecule has 0 atom stereocenters. The third kappa shape index (κ3) is 3.56. The first-order valence-corrected chi connectivity index (χ1v) is 9.26. The molecule has 2 aromatic rings. The number of nitrogens with one attached hydrogen (secondary N) is 1. The van der Waals surface area contributed by atoms with E-state index >= 15 is 0 Å². The van der Waals surface area contributed by atoms with E-state index in [0.717, 1.165) is 12.8 Å². The van der Waals surface area contributed by atoms with Crippen molar-refractivity contribution in [2.75, 3.05) is 13.7 Å². The number of aryl methyl sites for hydroxylation is 1. The fourth-order valence-electron chi connectivity index (χ4n) is 2.89. The summed E-state index contributed by atoms with van der Waals surface area (Å²) < 4.78 is 34.3. The Morgan fingerprint density at radius 1 is 1.30 bits per heavy atom. The van der Waals surface area contributed by atoms with Crippen LogP contribution in [0.3, 0.4) is 0 Å². The second kappa shape index (κ2) is 6.72. The Bertz CT molecular complexity index is 784. The van der Waals surface area contributed by atoms with Crippen molar-refractivity contribution in [3.63, 3.8) is 0 Å². The largest absolute Gasteiger partial charge is 0.497 e. The molecule has 0 unspecified atom stereocenters.